The van der Waals surface area contributed by atoms with Crippen molar-refractivity contribution in [3.63, 3.8) is 0 Å². The first-order valence-electron chi connectivity index (χ1n) is 4.90. The van der Waals surface area contributed by atoms with Crippen LogP contribution in [0, 0.1) is 11.3 Å². The lowest BCUT2D eigenvalue weighted by molar-refractivity contribution is -0.130. The number of hydrogen-bond donors (Lipinski definition) is 0. The Morgan fingerprint density at radius 2 is 2.07 bits per heavy atom. The quantitative estimate of drug-likeness (QED) is 0.643. The zero-order valence-electron chi connectivity index (χ0n) is 9.69. The minimum absolute atomic E-state index is 0.0776. The molecule has 0 unspecified atom stereocenters. The highest BCUT2D eigenvalue weighted by molar-refractivity contribution is 7.98. The Morgan fingerprint density at radius 1 is 1.40 bits per heavy atom. The van der Waals surface area contributed by atoms with Gasteiger partial charge in [0.2, 0.25) is 5.91 Å². The molecule has 0 fully saturated rings. The van der Waals surface area contributed by atoms with Gasteiger partial charge in [-0.25, -0.2) is 0 Å². The SMILES string of the molecule is CSCCN(C)CC(=O)N(C)CCC#N. The number of nitrogens with zero attached hydrogens (tertiary/aromatic N) is 3. The highest BCUT2D eigenvalue weighted by atomic mass is 32.2. The van der Waals surface area contributed by atoms with Crippen molar-refractivity contribution in [1.82, 2.24) is 9.80 Å². The molecular formula is C10H19N3OS. The Labute approximate surface area is 96.2 Å². The molecule has 0 spiro atoms. The molecule has 0 saturated carbocycles. The van der Waals surface area contributed by atoms with Crippen LogP contribution in [0.2, 0.25) is 0 Å². The summed E-state index contributed by atoms with van der Waals surface area (Å²) in [7, 11) is 3.67. The zero-order valence-corrected chi connectivity index (χ0v) is 10.5. The van der Waals surface area contributed by atoms with Crippen LogP contribution in [0.5, 0.6) is 0 Å². The Hall–Kier alpha value is -0.730. The summed E-state index contributed by atoms with van der Waals surface area (Å²) in [6.45, 7) is 1.87. The van der Waals surface area contributed by atoms with Crippen molar-refractivity contribution in [3.05, 3.63) is 0 Å². The van der Waals surface area contributed by atoms with Crippen molar-refractivity contribution in [2.75, 3.05) is 45.7 Å². The molecule has 4 nitrogen and oxygen atoms in total. The van der Waals surface area contributed by atoms with Crippen LogP contribution in [0.1, 0.15) is 6.42 Å². The van der Waals surface area contributed by atoms with Gasteiger partial charge >= 0.3 is 0 Å². The van der Waals surface area contributed by atoms with Crippen molar-refractivity contribution in [1.29, 1.82) is 5.26 Å². The van der Waals surface area contributed by atoms with Crippen LogP contribution in [0.3, 0.4) is 0 Å². The molecule has 1 amide bonds. The second kappa shape index (κ2) is 8.57. The lowest BCUT2D eigenvalue weighted by Gasteiger charge is -2.20. The summed E-state index contributed by atoms with van der Waals surface area (Å²) >= 11 is 1.77. The molecule has 0 atom stereocenters. The summed E-state index contributed by atoms with van der Waals surface area (Å²) in [5, 5.41) is 8.39. The number of amides is 1. The number of carbonyl (C=O) groups is 1. The Morgan fingerprint density at radius 3 is 2.60 bits per heavy atom. The number of rotatable bonds is 7. The number of carbonyl (C=O) groups excluding carboxylic acids is 1. The topological polar surface area (TPSA) is 47.3 Å². The van der Waals surface area contributed by atoms with Crippen molar-refractivity contribution in [2.24, 2.45) is 0 Å². The highest BCUT2D eigenvalue weighted by Crippen LogP contribution is 1.95. The van der Waals surface area contributed by atoms with Crippen LogP contribution >= 0.6 is 11.8 Å². The fourth-order valence-corrected chi connectivity index (χ4v) is 1.51. The normalized spacial score (nSPS) is 10.1. The summed E-state index contributed by atoms with van der Waals surface area (Å²) in [4.78, 5) is 15.2. The predicted molar refractivity (Wildman–Crippen MR) is 63.7 cm³/mol. The zero-order chi connectivity index (χ0) is 11.7. The van der Waals surface area contributed by atoms with E-state index in [1.807, 2.05) is 18.0 Å². The highest BCUT2D eigenvalue weighted by Gasteiger charge is 2.10. The van der Waals surface area contributed by atoms with Crippen molar-refractivity contribution in [2.45, 2.75) is 6.42 Å². The standard InChI is InChI=1S/C10H19N3OS/c1-12(7-8-15-3)9-10(14)13(2)6-4-5-11/h4,6-9H2,1-3H3. The molecule has 0 saturated heterocycles. The molecule has 0 radical (unpaired) electrons. The molecule has 15 heavy (non-hydrogen) atoms. The van der Waals surface area contributed by atoms with Crippen LogP contribution in [0.25, 0.3) is 0 Å². The molecular weight excluding hydrogens is 210 g/mol. The van der Waals surface area contributed by atoms with E-state index in [0.717, 1.165) is 12.3 Å². The van der Waals surface area contributed by atoms with Crippen molar-refractivity contribution >= 4 is 17.7 Å². The average molecular weight is 229 g/mol. The van der Waals surface area contributed by atoms with Gasteiger partial charge in [-0.05, 0) is 13.3 Å². The van der Waals surface area contributed by atoms with E-state index >= 15 is 0 Å². The molecule has 0 aromatic rings. The number of likely N-dealkylation sites (N-methyl/N-ethyl adjacent to an activating group) is 2. The van der Waals surface area contributed by atoms with Gasteiger partial charge in [0.25, 0.3) is 0 Å². The van der Waals surface area contributed by atoms with Gasteiger partial charge in [-0.15, -0.1) is 0 Å². The minimum Gasteiger partial charge on any atom is -0.344 e. The number of thioether (sulfide) groups is 1. The Kier molecular flexibility index (Phi) is 8.15. The van der Waals surface area contributed by atoms with Crippen LogP contribution in [0.15, 0.2) is 0 Å². The summed E-state index contributed by atoms with van der Waals surface area (Å²) < 4.78 is 0. The van der Waals surface area contributed by atoms with E-state index in [0.29, 0.717) is 19.5 Å². The molecule has 5 heteroatoms. The van der Waals surface area contributed by atoms with Gasteiger partial charge in [0.1, 0.15) is 0 Å². The van der Waals surface area contributed by atoms with Gasteiger partial charge in [-0.3, -0.25) is 9.69 Å². The van der Waals surface area contributed by atoms with Crippen LogP contribution in [-0.2, 0) is 4.79 Å². The largest absolute Gasteiger partial charge is 0.344 e. The van der Waals surface area contributed by atoms with Gasteiger partial charge in [0, 0.05) is 25.9 Å². The van der Waals surface area contributed by atoms with E-state index in [4.69, 9.17) is 5.26 Å². The summed E-state index contributed by atoms with van der Waals surface area (Å²) in [6, 6.07) is 2.03. The molecule has 0 aliphatic rings. The third-order valence-electron chi connectivity index (χ3n) is 2.07. The summed E-state index contributed by atoms with van der Waals surface area (Å²) in [5.41, 5.74) is 0. The van der Waals surface area contributed by atoms with Gasteiger partial charge < -0.3 is 4.90 Å². The maximum Gasteiger partial charge on any atom is 0.236 e. The van der Waals surface area contributed by atoms with Crippen LogP contribution < -0.4 is 0 Å². The molecule has 0 rings (SSSR count). The second-order valence-corrected chi connectivity index (χ2v) is 4.44. The van der Waals surface area contributed by atoms with Gasteiger partial charge in [-0.1, -0.05) is 0 Å². The maximum atomic E-state index is 11.6. The lowest BCUT2D eigenvalue weighted by atomic mass is 10.4. The third-order valence-corrected chi connectivity index (χ3v) is 2.66. The van der Waals surface area contributed by atoms with E-state index in [1.54, 1.807) is 23.7 Å². The summed E-state index contributed by atoms with van der Waals surface area (Å²) in [6.07, 6.45) is 2.45. The number of hydrogen-bond acceptors (Lipinski definition) is 4. The van der Waals surface area contributed by atoms with Crippen LogP contribution in [0.4, 0.5) is 0 Å². The molecule has 0 bridgehead atoms. The molecule has 0 heterocycles. The molecule has 0 aromatic heterocycles. The second-order valence-electron chi connectivity index (χ2n) is 3.45. The first-order valence-corrected chi connectivity index (χ1v) is 6.29. The van der Waals surface area contributed by atoms with Crippen molar-refractivity contribution in [3.8, 4) is 6.07 Å². The monoisotopic (exact) mass is 229 g/mol. The van der Waals surface area contributed by atoms with E-state index in [1.165, 1.54) is 0 Å². The van der Waals surface area contributed by atoms with E-state index < -0.39 is 0 Å². The van der Waals surface area contributed by atoms with Crippen LogP contribution in [-0.4, -0.2) is 61.4 Å². The minimum atomic E-state index is 0.0776. The van der Waals surface area contributed by atoms with Crippen molar-refractivity contribution < 1.29 is 4.79 Å². The molecule has 0 aliphatic heterocycles. The third kappa shape index (κ3) is 7.23. The molecule has 0 N–H and O–H groups in total. The average Bonchev–Trinajstić information content (AvgIpc) is 2.22. The lowest BCUT2D eigenvalue weighted by Crippen LogP contribution is -2.37. The summed E-state index contributed by atoms with van der Waals surface area (Å²) in [5.74, 6) is 1.11. The van der Waals surface area contributed by atoms with Gasteiger partial charge in [0.15, 0.2) is 0 Å². The molecule has 86 valence electrons. The van der Waals surface area contributed by atoms with E-state index in [9.17, 15) is 4.79 Å². The van der Waals surface area contributed by atoms with E-state index in [2.05, 4.69) is 6.26 Å². The Bertz CT molecular complexity index is 227. The van der Waals surface area contributed by atoms with E-state index in [-0.39, 0.29) is 5.91 Å². The fraction of sp³-hybridized carbons (Fsp3) is 0.800. The fourth-order valence-electron chi connectivity index (χ4n) is 1.02. The molecule has 0 aliphatic carbocycles. The predicted octanol–water partition coefficient (Wildman–Crippen LogP) is 0.653. The van der Waals surface area contributed by atoms with Gasteiger partial charge in [0.05, 0.1) is 19.0 Å². The smallest absolute Gasteiger partial charge is 0.236 e. The Balaban J connectivity index is 3.76. The number of nitriles is 1. The first-order chi connectivity index (χ1) is 7.11. The molecule has 0 aromatic carbocycles. The first kappa shape index (κ1) is 14.3. The maximum absolute atomic E-state index is 11.6. The van der Waals surface area contributed by atoms with Gasteiger partial charge in [-0.2, -0.15) is 17.0 Å².